The Balaban J connectivity index is 1.27. The molecule has 31 heavy (non-hydrogen) atoms. The number of hydrogen-bond acceptors (Lipinski definition) is 4. The second kappa shape index (κ2) is 7.94. The third-order valence-corrected chi connectivity index (χ3v) is 7.67. The van der Waals surface area contributed by atoms with Crippen LogP contribution in [0.2, 0.25) is 0 Å². The lowest BCUT2D eigenvalue weighted by atomic mass is 9.83. The Morgan fingerprint density at radius 3 is 2.65 bits per heavy atom. The van der Waals surface area contributed by atoms with Gasteiger partial charge in [-0.15, -0.1) is 0 Å². The summed E-state index contributed by atoms with van der Waals surface area (Å²) in [5, 5.41) is 0. The zero-order valence-corrected chi connectivity index (χ0v) is 18.2. The minimum atomic E-state index is -0.313. The maximum Gasteiger partial charge on any atom is 0.334 e. The molecule has 1 aromatic rings. The average molecular weight is 422 g/mol. The summed E-state index contributed by atoms with van der Waals surface area (Å²) in [6.07, 6.45) is 6.78. The molecule has 1 aromatic carbocycles. The van der Waals surface area contributed by atoms with E-state index in [0.717, 1.165) is 44.3 Å². The molecule has 3 saturated heterocycles. The summed E-state index contributed by atoms with van der Waals surface area (Å²) in [6.45, 7) is 7.63. The lowest BCUT2D eigenvalue weighted by Crippen LogP contribution is -2.39. The van der Waals surface area contributed by atoms with E-state index >= 15 is 0 Å². The number of esters is 1. The molecular weight excluding hydrogens is 390 g/mol. The first-order valence-corrected chi connectivity index (χ1v) is 11.6. The van der Waals surface area contributed by atoms with Crippen LogP contribution in [-0.2, 0) is 19.1 Å². The highest BCUT2D eigenvalue weighted by Gasteiger charge is 2.61. The number of allylic oxidation sites excluding steroid dienone is 1. The van der Waals surface area contributed by atoms with Crippen molar-refractivity contribution in [3.8, 4) is 0 Å². The normalized spacial score (nSPS) is 35.5. The number of likely N-dealkylation sites (tertiary alicyclic amines) is 1. The van der Waals surface area contributed by atoms with Gasteiger partial charge in [-0.1, -0.05) is 43.0 Å². The molecule has 164 valence electrons. The molecule has 0 unspecified atom stereocenters. The molecule has 4 atom stereocenters. The van der Waals surface area contributed by atoms with E-state index in [2.05, 4.69) is 43.8 Å². The zero-order chi connectivity index (χ0) is 21.6. The van der Waals surface area contributed by atoms with Crippen LogP contribution in [0.5, 0.6) is 0 Å². The molecule has 5 nitrogen and oxygen atoms in total. The Morgan fingerprint density at radius 1 is 1.16 bits per heavy atom. The van der Waals surface area contributed by atoms with Gasteiger partial charge in [0.2, 0.25) is 5.91 Å². The van der Waals surface area contributed by atoms with Gasteiger partial charge in [0.05, 0.1) is 5.60 Å². The van der Waals surface area contributed by atoms with Crippen molar-refractivity contribution >= 4 is 11.9 Å². The smallest absolute Gasteiger partial charge is 0.334 e. The summed E-state index contributed by atoms with van der Waals surface area (Å²) in [7, 11) is 0. The fraction of sp³-hybridized carbons (Fsp3) is 0.538. The SMILES string of the molecule is C=C1C(=O)O[C@H]2[C@H]1CC/C(C(=O)N1CCC(c3ccccc3)CC1)=C\CC[C@@]1(C)O[C@@H]21. The molecule has 0 radical (unpaired) electrons. The molecule has 1 aliphatic carbocycles. The first-order chi connectivity index (χ1) is 15.0. The second-order valence-electron chi connectivity index (χ2n) is 9.64. The summed E-state index contributed by atoms with van der Waals surface area (Å²) >= 11 is 0. The van der Waals surface area contributed by atoms with Gasteiger partial charge in [0.25, 0.3) is 0 Å². The van der Waals surface area contributed by atoms with Crippen molar-refractivity contribution in [3.63, 3.8) is 0 Å². The van der Waals surface area contributed by atoms with Crippen LogP contribution in [0.4, 0.5) is 0 Å². The van der Waals surface area contributed by atoms with Gasteiger partial charge in [0, 0.05) is 30.2 Å². The predicted molar refractivity (Wildman–Crippen MR) is 117 cm³/mol. The van der Waals surface area contributed by atoms with Crippen molar-refractivity contribution in [2.75, 3.05) is 13.1 Å². The van der Waals surface area contributed by atoms with E-state index in [1.807, 2.05) is 11.0 Å². The monoisotopic (exact) mass is 421 g/mol. The predicted octanol–water partition coefficient (Wildman–Crippen LogP) is 4.15. The number of amides is 1. The van der Waals surface area contributed by atoms with Crippen molar-refractivity contribution in [2.45, 2.75) is 69.2 Å². The van der Waals surface area contributed by atoms with Crippen molar-refractivity contribution in [2.24, 2.45) is 5.92 Å². The highest BCUT2D eigenvalue weighted by Crippen LogP contribution is 2.49. The molecule has 0 saturated carbocycles. The number of ether oxygens (including phenoxy) is 2. The number of hydrogen-bond donors (Lipinski definition) is 0. The molecule has 3 aliphatic heterocycles. The van der Waals surface area contributed by atoms with Crippen LogP contribution < -0.4 is 0 Å². The van der Waals surface area contributed by atoms with E-state index in [4.69, 9.17) is 9.47 Å². The number of fused-ring (bicyclic) bond motifs is 3. The van der Waals surface area contributed by atoms with Gasteiger partial charge in [-0.3, -0.25) is 4.79 Å². The largest absolute Gasteiger partial charge is 0.455 e. The molecule has 0 bridgehead atoms. The van der Waals surface area contributed by atoms with Crippen molar-refractivity contribution in [1.29, 1.82) is 0 Å². The molecule has 5 rings (SSSR count). The van der Waals surface area contributed by atoms with E-state index in [0.29, 0.717) is 24.3 Å². The van der Waals surface area contributed by atoms with Gasteiger partial charge in [-0.25, -0.2) is 4.79 Å². The van der Waals surface area contributed by atoms with Crippen LogP contribution in [-0.4, -0.2) is 47.7 Å². The van der Waals surface area contributed by atoms with E-state index in [9.17, 15) is 9.59 Å². The third kappa shape index (κ3) is 3.84. The fourth-order valence-corrected chi connectivity index (χ4v) is 5.60. The summed E-state index contributed by atoms with van der Waals surface area (Å²) in [5.74, 6) is 0.292. The summed E-state index contributed by atoms with van der Waals surface area (Å²) < 4.78 is 11.6. The number of benzene rings is 1. The molecule has 3 heterocycles. The van der Waals surface area contributed by atoms with E-state index < -0.39 is 0 Å². The van der Waals surface area contributed by atoms with E-state index in [1.165, 1.54) is 5.56 Å². The lowest BCUT2D eigenvalue weighted by Gasteiger charge is -2.33. The molecule has 5 heteroatoms. The highest BCUT2D eigenvalue weighted by atomic mass is 16.6. The van der Waals surface area contributed by atoms with Crippen LogP contribution in [0.15, 0.2) is 54.1 Å². The molecular formula is C26H31NO4. The minimum absolute atomic E-state index is 0.0524. The topological polar surface area (TPSA) is 59.1 Å². The van der Waals surface area contributed by atoms with Gasteiger partial charge < -0.3 is 14.4 Å². The summed E-state index contributed by atoms with van der Waals surface area (Å²) in [5.41, 5.74) is 2.49. The Bertz CT molecular complexity index is 915. The molecule has 0 aromatic heterocycles. The number of carbonyl (C=O) groups excluding carboxylic acids is 2. The number of piperidine rings is 1. The van der Waals surface area contributed by atoms with E-state index in [-0.39, 0.29) is 35.6 Å². The number of nitrogens with zero attached hydrogens (tertiary/aromatic N) is 1. The quantitative estimate of drug-likeness (QED) is 0.409. The van der Waals surface area contributed by atoms with Gasteiger partial charge in [0.15, 0.2) is 0 Å². The van der Waals surface area contributed by atoms with Crippen molar-refractivity contribution in [3.05, 3.63) is 59.7 Å². The van der Waals surface area contributed by atoms with Crippen LogP contribution in [0.25, 0.3) is 0 Å². The van der Waals surface area contributed by atoms with Gasteiger partial charge in [-0.2, -0.15) is 0 Å². The molecule has 4 aliphatic rings. The Hall–Kier alpha value is -2.40. The zero-order valence-electron chi connectivity index (χ0n) is 18.2. The molecule has 0 spiro atoms. The van der Waals surface area contributed by atoms with E-state index in [1.54, 1.807) is 0 Å². The number of carbonyl (C=O) groups is 2. The average Bonchev–Trinajstić information content (AvgIpc) is 3.39. The lowest BCUT2D eigenvalue weighted by molar-refractivity contribution is -0.140. The number of rotatable bonds is 2. The van der Waals surface area contributed by atoms with Gasteiger partial charge in [0.1, 0.15) is 12.2 Å². The standard InChI is InChI=1S/C26H31NO4/c1-17-21-11-10-20(9-6-14-26(2)23(31-26)22(21)30-25(17)29)24(28)27-15-12-19(13-16-27)18-7-4-3-5-8-18/h3-5,7-9,19,21-23H,1,6,10-16H2,2H3/b20-9+/t21-,22-,23-,26+/m0/s1. The highest BCUT2D eigenvalue weighted by molar-refractivity contribution is 5.94. The molecule has 1 amide bonds. The summed E-state index contributed by atoms with van der Waals surface area (Å²) in [4.78, 5) is 27.5. The fourth-order valence-electron chi connectivity index (χ4n) is 5.60. The minimum Gasteiger partial charge on any atom is -0.455 e. The third-order valence-electron chi connectivity index (χ3n) is 7.67. The molecule has 0 N–H and O–H groups in total. The Morgan fingerprint density at radius 2 is 1.90 bits per heavy atom. The van der Waals surface area contributed by atoms with Crippen molar-refractivity contribution < 1.29 is 19.1 Å². The first kappa shape index (κ1) is 20.5. The van der Waals surface area contributed by atoms with Gasteiger partial charge in [-0.05, 0) is 56.9 Å². The van der Waals surface area contributed by atoms with Crippen LogP contribution in [0.3, 0.4) is 0 Å². The second-order valence-corrected chi connectivity index (χ2v) is 9.64. The van der Waals surface area contributed by atoms with Crippen LogP contribution in [0.1, 0.15) is 56.9 Å². The Kier molecular flexibility index (Phi) is 5.25. The maximum atomic E-state index is 13.4. The van der Waals surface area contributed by atoms with Crippen molar-refractivity contribution in [1.82, 2.24) is 4.90 Å². The maximum absolute atomic E-state index is 13.4. The van der Waals surface area contributed by atoms with Crippen LogP contribution >= 0.6 is 0 Å². The molecule has 3 fully saturated rings. The van der Waals surface area contributed by atoms with Gasteiger partial charge >= 0.3 is 5.97 Å². The Labute approximate surface area is 184 Å². The van der Waals surface area contributed by atoms with Crippen LogP contribution in [0, 0.1) is 5.92 Å². The summed E-state index contributed by atoms with van der Waals surface area (Å²) in [6, 6.07) is 10.6. The first-order valence-electron chi connectivity index (χ1n) is 11.6. The number of epoxide rings is 1.